The monoisotopic (exact) mass is 158 g/mol. The number of nitrogen functional groups attached to an aromatic ring is 1. The molecule has 0 atom stereocenters. The van der Waals surface area contributed by atoms with Crippen molar-refractivity contribution in [3.05, 3.63) is 36.2 Å². The zero-order valence-electron chi connectivity index (χ0n) is 6.91. The Balaban J connectivity index is 2.86. The van der Waals surface area contributed by atoms with Gasteiger partial charge in [0, 0.05) is 23.0 Å². The number of rotatable bonds is 0. The van der Waals surface area contributed by atoms with Crippen molar-refractivity contribution in [1.29, 1.82) is 0 Å². The molecule has 0 aliphatic rings. The van der Waals surface area contributed by atoms with E-state index in [0.29, 0.717) is 0 Å². The van der Waals surface area contributed by atoms with Gasteiger partial charge >= 0.3 is 0 Å². The lowest BCUT2D eigenvalue weighted by Gasteiger charge is -2.00. The Morgan fingerprint density at radius 3 is 3.00 bits per heavy atom. The minimum absolute atomic E-state index is 0.792. The van der Waals surface area contributed by atoms with Crippen LogP contribution in [-0.4, -0.2) is 4.98 Å². The average molecular weight is 158 g/mol. The van der Waals surface area contributed by atoms with Gasteiger partial charge in [-0.2, -0.15) is 0 Å². The van der Waals surface area contributed by atoms with Gasteiger partial charge in [-0.15, -0.1) is 0 Å². The van der Waals surface area contributed by atoms with Crippen LogP contribution in [0.4, 0.5) is 5.69 Å². The minimum atomic E-state index is 0.792. The summed E-state index contributed by atoms with van der Waals surface area (Å²) in [5, 5.41) is 2.19. The summed E-state index contributed by atoms with van der Waals surface area (Å²) in [5.41, 5.74) is 7.58. The smallest absolute Gasteiger partial charge is 0.0409 e. The Bertz CT molecular complexity index is 421. The second-order valence-corrected chi connectivity index (χ2v) is 2.89. The van der Waals surface area contributed by atoms with Crippen LogP contribution in [0.5, 0.6) is 0 Å². The van der Waals surface area contributed by atoms with Gasteiger partial charge in [0.25, 0.3) is 0 Å². The summed E-state index contributed by atoms with van der Waals surface area (Å²) in [6.07, 6.45) is 1.82. The van der Waals surface area contributed by atoms with E-state index in [9.17, 15) is 0 Å². The van der Waals surface area contributed by atoms with Gasteiger partial charge < -0.3 is 5.73 Å². The molecular weight excluding hydrogens is 148 g/mol. The summed E-state index contributed by atoms with van der Waals surface area (Å²) >= 11 is 0. The number of hydrogen-bond acceptors (Lipinski definition) is 2. The fourth-order valence-electron chi connectivity index (χ4n) is 1.31. The second kappa shape index (κ2) is 2.48. The maximum absolute atomic E-state index is 5.77. The van der Waals surface area contributed by atoms with Crippen molar-refractivity contribution in [2.45, 2.75) is 6.92 Å². The van der Waals surface area contributed by atoms with E-state index in [0.717, 1.165) is 22.2 Å². The van der Waals surface area contributed by atoms with E-state index >= 15 is 0 Å². The number of nitrogens with two attached hydrogens (primary N) is 1. The molecule has 0 unspecified atom stereocenters. The van der Waals surface area contributed by atoms with Crippen LogP contribution in [0.25, 0.3) is 10.8 Å². The fourth-order valence-corrected chi connectivity index (χ4v) is 1.31. The largest absolute Gasteiger partial charge is 0.398 e. The molecule has 1 aromatic carbocycles. The van der Waals surface area contributed by atoms with Gasteiger partial charge in [0.05, 0.1) is 0 Å². The van der Waals surface area contributed by atoms with Crippen molar-refractivity contribution in [2.24, 2.45) is 0 Å². The molecule has 0 radical (unpaired) electrons. The van der Waals surface area contributed by atoms with Crippen LogP contribution in [0.15, 0.2) is 30.5 Å². The number of anilines is 1. The topological polar surface area (TPSA) is 38.9 Å². The van der Waals surface area contributed by atoms with Crippen molar-refractivity contribution in [3.8, 4) is 0 Å². The Hall–Kier alpha value is -1.57. The van der Waals surface area contributed by atoms with Gasteiger partial charge in [0.1, 0.15) is 0 Å². The first-order chi connectivity index (χ1) is 5.77. The van der Waals surface area contributed by atoms with Crippen LogP contribution in [0.2, 0.25) is 0 Å². The molecule has 0 amide bonds. The third-order valence-corrected chi connectivity index (χ3v) is 1.94. The number of pyridine rings is 1. The van der Waals surface area contributed by atoms with E-state index in [-0.39, 0.29) is 0 Å². The van der Waals surface area contributed by atoms with Gasteiger partial charge in [0.15, 0.2) is 0 Å². The number of aryl methyl sites for hydroxylation is 1. The highest BCUT2D eigenvalue weighted by atomic mass is 14.7. The van der Waals surface area contributed by atoms with Crippen LogP contribution in [0, 0.1) is 6.92 Å². The van der Waals surface area contributed by atoms with Gasteiger partial charge in [-0.3, -0.25) is 4.98 Å². The second-order valence-electron chi connectivity index (χ2n) is 2.89. The molecule has 0 bridgehead atoms. The van der Waals surface area contributed by atoms with Crippen LogP contribution >= 0.6 is 0 Å². The zero-order chi connectivity index (χ0) is 8.55. The van der Waals surface area contributed by atoms with Crippen molar-refractivity contribution in [1.82, 2.24) is 4.98 Å². The normalized spacial score (nSPS) is 10.4. The average Bonchev–Trinajstić information content (AvgIpc) is 2.04. The molecule has 2 heteroatoms. The molecule has 2 rings (SSSR count). The van der Waals surface area contributed by atoms with E-state index in [4.69, 9.17) is 5.73 Å². The zero-order valence-corrected chi connectivity index (χ0v) is 6.91. The Morgan fingerprint density at radius 1 is 1.33 bits per heavy atom. The Morgan fingerprint density at radius 2 is 2.17 bits per heavy atom. The Kier molecular flexibility index (Phi) is 1.47. The predicted octanol–water partition coefficient (Wildman–Crippen LogP) is 2.13. The first-order valence-electron chi connectivity index (χ1n) is 3.88. The summed E-state index contributed by atoms with van der Waals surface area (Å²) < 4.78 is 0. The van der Waals surface area contributed by atoms with Gasteiger partial charge in [-0.05, 0) is 24.4 Å². The lowest BCUT2D eigenvalue weighted by Crippen LogP contribution is -1.88. The van der Waals surface area contributed by atoms with Gasteiger partial charge in [-0.25, -0.2) is 0 Å². The number of fused-ring (bicyclic) bond motifs is 1. The Labute approximate surface area is 71.0 Å². The third-order valence-electron chi connectivity index (χ3n) is 1.94. The van der Waals surface area contributed by atoms with Gasteiger partial charge in [0.2, 0.25) is 0 Å². The molecular formula is C10H10N2. The standard InChI is InChI=1S/C10H10N2/c1-7-5-8-3-2-4-10(11)9(8)6-12-7/h2-6H,11H2,1H3. The molecule has 0 saturated carbocycles. The lowest BCUT2D eigenvalue weighted by atomic mass is 10.1. The third kappa shape index (κ3) is 1.01. The van der Waals surface area contributed by atoms with Crippen molar-refractivity contribution in [2.75, 3.05) is 5.73 Å². The fraction of sp³-hybridized carbons (Fsp3) is 0.100. The minimum Gasteiger partial charge on any atom is -0.398 e. The lowest BCUT2D eigenvalue weighted by molar-refractivity contribution is 1.22. The van der Waals surface area contributed by atoms with E-state index in [2.05, 4.69) is 4.98 Å². The maximum atomic E-state index is 5.77. The van der Waals surface area contributed by atoms with Crippen molar-refractivity contribution in [3.63, 3.8) is 0 Å². The molecule has 2 nitrogen and oxygen atoms in total. The van der Waals surface area contributed by atoms with E-state index in [1.807, 2.05) is 37.4 Å². The van der Waals surface area contributed by atoms with E-state index in [1.165, 1.54) is 0 Å². The number of aromatic nitrogens is 1. The number of hydrogen-bond donors (Lipinski definition) is 1. The molecule has 2 N–H and O–H groups in total. The molecule has 0 spiro atoms. The molecule has 0 aliphatic heterocycles. The van der Waals surface area contributed by atoms with Crippen LogP contribution in [0.3, 0.4) is 0 Å². The van der Waals surface area contributed by atoms with E-state index in [1.54, 1.807) is 0 Å². The molecule has 0 aliphatic carbocycles. The van der Waals surface area contributed by atoms with Gasteiger partial charge in [-0.1, -0.05) is 12.1 Å². The highest BCUT2D eigenvalue weighted by Crippen LogP contribution is 2.19. The van der Waals surface area contributed by atoms with Crippen molar-refractivity contribution < 1.29 is 0 Å². The highest BCUT2D eigenvalue weighted by Gasteiger charge is 1.96. The molecule has 60 valence electrons. The molecule has 1 aromatic heterocycles. The first kappa shape index (κ1) is 7.10. The quantitative estimate of drug-likeness (QED) is 0.596. The number of benzene rings is 1. The van der Waals surface area contributed by atoms with Crippen LogP contribution in [0.1, 0.15) is 5.69 Å². The SMILES string of the molecule is Cc1cc2cccc(N)c2cn1. The molecule has 12 heavy (non-hydrogen) atoms. The number of nitrogens with zero attached hydrogens (tertiary/aromatic N) is 1. The highest BCUT2D eigenvalue weighted by molar-refractivity contribution is 5.92. The molecule has 0 fully saturated rings. The molecule has 0 saturated heterocycles. The summed E-state index contributed by atoms with van der Waals surface area (Å²) in [6, 6.07) is 7.92. The summed E-state index contributed by atoms with van der Waals surface area (Å²) in [5.74, 6) is 0. The summed E-state index contributed by atoms with van der Waals surface area (Å²) in [6.45, 7) is 1.97. The van der Waals surface area contributed by atoms with E-state index < -0.39 is 0 Å². The van der Waals surface area contributed by atoms with Crippen LogP contribution in [-0.2, 0) is 0 Å². The predicted molar refractivity (Wildman–Crippen MR) is 50.9 cm³/mol. The molecule has 1 heterocycles. The summed E-state index contributed by atoms with van der Waals surface area (Å²) in [4.78, 5) is 4.19. The van der Waals surface area contributed by atoms with Crippen LogP contribution < -0.4 is 5.73 Å². The van der Waals surface area contributed by atoms with Crippen molar-refractivity contribution >= 4 is 16.5 Å². The first-order valence-corrected chi connectivity index (χ1v) is 3.88. The molecule has 2 aromatic rings. The maximum Gasteiger partial charge on any atom is 0.0409 e. The summed E-state index contributed by atoms with van der Waals surface area (Å²) in [7, 11) is 0.